The third kappa shape index (κ3) is 5.11. The molecule has 1 N–H and O–H groups in total. The second-order valence-electron chi connectivity index (χ2n) is 7.77. The van der Waals surface area contributed by atoms with E-state index in [1.807, 2.05) is 42.0 Å². The zero-order chi connectivity index (χ0) is 21.8. The Morgan fingerprint density at radius 2 is 1.87 bits per heavy atom. The van der Waals surface area contributed by atoms with E-state index in [2.05, 4.69) is 47.2 Å². The van der Waals surface area contributed by atoms with Crippen molar-refractivity contribution in [2.24, 2.45) is 0 Å². The van der Waals surface area contributed by atoms with Gasteiger partial charge < -0.3 is 15.0 Å². The maximum absolute atomic E-state index is 12.8. The number of aryl methyl sites for hydroxylation is 2. The van der Waals surface area contributed by atoms with Gasteiger partial charge in [-0.15, -0.1) is 0 Å². The number of nitrogens with one attached hydrogen (secondary N) is 1. The molecule has 1 saturated heterocycles. The molecular weight excluding hydrogens is 408 g/mol. The number of carbonyl (C=O) groups excluding carboxylic acids is 1. The Bertz CT molecular complexity index is 1040. The summed E-state index contributed by atoms with van der Waals surface area (Å²) in [5, 5.41) is 3.54. The highest BCUT2D eigenvalue weighted by Crippen LogP contribution is 2.27. The van der Waals surface area contributed by atoms with Crippen LogP contribution in [0.15, 0.2) is 60.0 Å². The van der Waals surface area contributed by atoms with Gasteiger partial charge in [0.2, 0.25) is 5.91 Å². The lowest BCUT2D eigenvalue weighted by Crippen LogP contribution is -2.36. The quantitative estimate of drug-likeness (QED) is 0.579. The van der Waals surface area contributed by atoms with Crippen LogP contribution in [0.4, 0.5) is 11.4 Å². The number of benzene rings is 2. The molecule has 162 valence electrons. The van der Waals surface area contributed by atoms with Crippen molar-refractivity contribution in [1.82, 2.24) is 9.55 Å². The fraction of sp³-hybridized carbons (Fsp3) is 0.333. The molecule has 0 spiro atoms. The van der Waals surface area contributed by atoms with Crippen LogP contribution in [-0.2, 0) is 9.53 Å². The summed E-state index contributed by atoms with van der Waals surface area (Å²) in [6.07, 6.45) is 3.72. The molecule has 2 aromatic carbocycles. The first kappa shape index (κ1) is 21.5. The van der Waals surface area contributed by atoms with Crippen LogP contribution in [0, 0.1) is 13.8 Å². The first-order chi connectivity index (χ1) is 15.0. The molecule has 0 saturated carbocycles. The van der Waals surface area contributed by atoms with E-state index < -0.39 is 0 Å². The molecule has 4 rings (SSSR count). The van der Waals surface area contributed by atoms with E-state index in [-0.39, 0.29) is 11.2 Å². The van der Waals surface area contributed by atoms with Gasteiger partial charge >= 0.3 is 0 Å². The number of amides is 1. The lowest BCUT2D eigenvalue weighted by Gasteiger charge is -2.28. The predicted molar refractivity (Wildman–Crippen MR) is 126 cm³/mol. The van der Waals surface area contributed by atoms with Gasteiger partial charge in [0.15, 0.2) is 5.16 Å². The van der Waals surface area contributed by atoms with Crippen molar-refractivity contribution in [2.45, 2.75) is 31.2 Å². The Balaban J connectivity index is 1.40. The molecule has 1 amide bonds. The maximum atomic E-state index is 12.8. The molecule has 3 aromatic rings. The van der Waals surface area contributed by atoms with Crippen LogP contribution in [0.1, 0.15) is 18.1 Å². The number of ether oxygens (including phenoxy) is 1. The number of morpholine rings is 1. The number of carbonyl (C=O) groups is 1. The molecule has 6 nitrogen and oxygen atoms in total. The molecule has 1 aliphatic rings. The summed E-state index contributed by atoms with van der Waals surface area (Å²) in [5.41, 5.74) is 5.40. The Morgan fingerprint density at radius 1 is 1.13 bits per heavy atom. The van der Waals surface area contributed by atoms with E-state index in [0.29, 0.717) is 0 Å². The molecule has 1 atom stereocenters. The molecule has 31 heavy (non-hydrogen) atoms. The molecular formula is C24H28N4O2S. The van der Waals surface area contributed by atoms with Crippen LogP contribution in [0.25, 0.3) is 5.69 Å². The average molecular weight is 437 g/mol. The highest BCUT2D eigenvalue weighted by Gasteiger charge is 2.19. The number of nitrogens with zero attached hydrogens (tertiary/aromatic N) is 3. The minimum Gasteiger partial charge on any atom is -0.378 e. The highest BCUT2D eigenvalue weighted by molar-refractivity contribution is 8.00. The van der Waals surface area contributed by atoms with Crippen LogP contribution in [0.3, 0.4) is 0 Å². The summed E-state index contributed by atoms with van der Waals surface area (Å²) < 4.78 is 7.46. The summed E-state index contributed by atoms with van der Waals surface area (Å²) in [5.74, 6) is -0.0420. The van der Waals surface area contributed by atoms with Gasteiger partial charge in [-0.1, -0.05) is 23.9 Å². The number of aromatic nitrogens is 2. The number of rotatable bonds is 6. The number of hydrogen-bond acceptors (Lipinski definition) is 5. The van der Waals surface area contributed by atoms with Crippen molar-refractivity contribution in [2.75, 3.05) is 36.5 Å². The van der Waals surface area contributed by atoms with Gasteiger partial charge in [0, 0.05) is 36.9 Å². The maximum Gasteiger partial charge on any atom is 0.237 e. The third-order valence-electron chi connectivity index (χ3n) is 5.39. The second kappa shape index (κ2) is 9.58. The summed E-state index contributed by atoms with van der Waals surface area (Å²) in [7, 11) is 0. The molecule has 7 heteroatoms. The minimum atomic E-state index is -0.287. The first-order valence-electron chi connectivity index (χ1n) is 10.5. The van der Waals surface area contributed by atoms with Crippen LogP contribution < -0.4 is 10.2 Å². The zero-order valence-electron chi connectivity index (χ0n) is 18.2. The van der Waals surface area contributed by atoms with Gasteiger partial charge in [0.25, 0.3) is 0 Å². The van der Waals surface area contributed by atoms with E-state index in [4.69, 9.17) is 4.74 Å². The molecule has 0 bridgehead atoms. The Morgan fingerprint density at radius 3 is 2.61 bits per heavy atom. The number of imidazole rings is 1. The largest absolute Gasteiger partial charge is 0.378 e. The minimum absolute atomic E-state index is 0.0420. The summed E-state index contributed by atoms with van der Waals surface area (Å²) in [4.78, 5) is 19.6. The van der Waals surface area contributed by atoms with Gasteiger partial charge in [-0.25, -0.2) is 4.98 Å². The van der Waals surface area contributed by atoms with Gasteiger partial charge in [-0.05, 0) is 62.2 Å². The fourth-order valence-corrected chi connectivity index (χ4v) is 4.45. The number of thioether (sulfide) groups is 1. The topological polar surface area (TPSA) is 59.4 Å². The van der Waals surface area contributed by atoms with E-state index in [1.54, 1.807) is 6.20 Å². The van der Waals surface area contributed by atoms with Crippen molar-refractivity contribution < 1.29 is 9.53 Å². The standard InChI is InChI=1S/C24H28N4O2S/c1-17-4-5-18(2)22(16-17)28-11-10-25-24(28)31-19(3)23(29)26-20-6-8-21(9-7-20)27-12-14-30-15-13-27/h4-11,16,19H,12-15H2,1-3H3,(H,26,29). The molecule has 1 fully saturated rings. The lowest BCUT2D eigenvalue weighted by molar-refractivity contribution is -0.115. The van der Waals surface area contributed by atoms with Gasteiger partial charge in [0.1, 0.15) is 0 Å². The predicted octanol–water partition coefficient (Wildman–Crippen LogP) is 4.45. The molecule has 2 heterocycles. The monoisotopic (exact) mass is 436 g/mol. The van der Waals surface area contributed by atoms with Gasteiger partial charge in [-0.3, -0.25) is 9.36 Å². The second-order valence-corrected chi connectivity index (χ2v) is 9.07. The average Bonchev–Trinajstić information content (AvgIpc) is 3.24. The van der Waals surface area contributed by atoms with Gasteiger partial charge in [0.05, 0.1) is 24.2 Å². The van der Waals surface area contributed by atoms with Crippen LogP contribution >= 0.6 is 11.8 Å². The van der Waals surface area contributed by atoms with E-state index in [1.165, 1.54) is 22.9 Å². The summed E-state index contributed by atoms with van der Waals surface area (Å²) >= 11 is 1.46. The van der Waals surface area contributed by atoms with Crippen molar-refractivity contribution in [3.05, 3.63) is 66.0 Å². The van der Waals surface area contributed by atoms with E-state index >= 15 is 0 Å². The van der Waals surface area contributed by atoms with Crippen molar-refractivity contribution in [3.63, 3.8) is 0 Å². The normalized spacial score (nSPS) is 15.0. The van der Waals surface area contributed by atoms with E-state index in [9.17, 15) is 4.79 Å². The molecule has 1 unspecified atom stereocenters. The van der Waals surface area contributed by atoms with Crippen LogP contribution in [0.5, 0.6) is 0 Å². The van der Waals surface area contributed by atoms with E-state index in [0.717, 1.165) is 48.5 Å². The third-order valence-corrected chi connectivity index (χ3v) is 6.47. The fourth-order valence-electron chi connectivity index (χ4n) is 3.57. The highest BCUT2D eigenvalue weighted by atomic mass is 32.2. The lowest BCUT2D eigenvalue weighted by atomic mass is 10.1. The van der Waals surface area contributed by atoms with Crippen molar-refractivity contribution in [1.29, 1.82) is 0 Å². The Kier molecular flexibility index (Phi) is 6.63. The molecule has 0 aliphatic carbocycles. The first-order valence-corrected chi connectivity index (χ1v) is 11.4. The van der Waals surface area contributed by atoms with Crippen LogP contribution in [-0.4, -0.2) is 47.0 Å². The molecule has 1 aliphatic heterocycles. The van der Waals surface area contributed by atoms with Gasteiger partial charge in [-0.2, -0.15) is 0 Å². The number of hydrogen-bond donors (Lipinski definition) is 1. The molecule has 0 radical (unpaired) electrons. The van der Waals surface area contributed by atoms with Crippen LogP contribution in [0.2, 0.25) is 0 Å². The van der Waals surface area contributed by atoms with Crippen molar-refractivity contribution >= 4 is 29.0 Å². The SMILES string of the molecule is Cc1ccc(C)c(-n2ccnc2SC(C)C(=O)Nc2ccc(N3CCOCC3)cc2)c1. The Labute approximate surface area is 187 Å². The van der Waals surface area contributed by atoms with Crippen molar-refractivity contribution in [3.8, 4) is 5.69 Å². The summed E-state index contributed by atoms with van der Waals surface area (Å²) in [6, 6.07) is 14.4. The zero-order valence-corrected chi connectivity index (χ0v) is 19.0. The summed E-state index contributed by atoms with van der Waals surface area (Å²) in [6.45, 7) is 9.37. The number of anilines is 2. The Hall–Kier alpha value is -2.77. The smallest absolute Gasteiger partial charge is 0.237 e. The molecule has 1 aromatic heterocycles.